The molecular weight excluding hydrogens is 633 g/mol. The lowest BCUT2D eigenvalue weighted by atomic mass is 10.0. The maximum Gasteiger partial charge on any atom is 0.341 e. The summed E-state index contributed by atoms with van der Waals surface area (Å²) in [5.41, 5.74) is 0. The van der Waals surface area contributed by atoms with Gasteiger partial charge in [-0.3, -0.25) is 0 Å². The van der Waals surface area contributed by atoms with E-state index in [1.54, 1.807) is 6.08 Å². The molecule has 0 aliphatic heterocycles. The van der Waals surface area contributed by atoms with Crippen molar-refractivity contribution in [2.45, 2.75) is 237 Å². The highest BCUT2D eigenvalue weighted by molar-refractivity contribution is 7.64. The van der Waals surface area contributed by atoms with Crippen LogP contribution < -0.4 is 0 Å². The zero-order chi connectivity index (χ0) is 32.8. The van der Waals surface area contributed by atoms with Crippen molar-refractivity contribution < 1.29 is 4.79 Å². The fourth-order valence-corrected chi connectivity index (χ4v) is 8.43. The summed E-state index contributed by atoms with van der Waals surface area (Å²) in [4.78, 5) is 13.6. The average molecular weight is 709 g/mol. The van der Waals surface area contributed by atoms with Crippen LogP contribution in [0, 0.1) is 0 Å². The second-order valence-electron chi connectivity index (χ2n) is 14.1. The van der Waals surface area contributed by atoms with Crippen LogP contribution in [0.4, 0.5) is 0 Å². The Labute approximate surface area is 297 Å². The monoisotopic (exact) mass is 707 g/mol. The molecular formula is C39H76Cl3NOSi. The third kappa shape index (κ3) is 44.5. The lowest BCUT2D eigenvalue weighted by Crippen LogP contribution is -2.07. The molecule has 0 aromatic heterocycles. The summed E-state index contributed by atoms with van der Waals surface area (Å²) >= 11 is 17.8. The zero-order valence-electron chi connectivity index (χ0n) is 29.9. The Balaban J connectivity index is 3.06. The SMILES string of the molecule is O=C=NCCCCCCCCCCCCCCCCCCCCCCCCCCCCCCCCCCCCCC[Si](Cl)(Cl)Cl. The normalized spacial score (nSPS) is 11.7. The number of rotatable bonds is 39. The number of hydrogen-bond acceptors (Lipinski definition) is 2. The standard InChI is InChI=1S/C39H76Cl3NOSi/c40-45(41,42)38-36-34-32-30-28-26-24-22-20-18-16-14-12-10-8-6-4-2-1-3-5-7-9-11-13-15-17-19-21-23-25-27-29-31-33-35-37-43-39-44/h1-38H2. The van der Waals surface area contributed by atoms with Gasteiger partial charge in [-0.05, 0) is 12.5 Å². The number of nitrogens with zero attached hydrogens (tertiary/aromatic N) is 1. The first kappa shape index (κ1) is 45.5. The Kier molecular flexibility index (Phi) is 39.3. The quantitative estimate of drug-likeness (QED) is 0.0205. The van der Waals surface area contributed by atoms with Crippen molar-refractivity contribution in [3.63, 3.8) is 0 Å². The van der Waals surface area contributed by atoms with Crippen molar-refractivity contribution >= 4 is 45.3 Å². The molecule has 0 saturated heterocycles. The zero-order valence-corrected chi connectivity index (χ0v) is 33.1. The van der Waals surface area contributed by atoms with E-state index in [1.807, 2.05) is 0 Å². The predicted octanol–water partition coefficient (Wildman–Crippen LogP) is 16.0. The van der Waals surface area contributed by atoms with Gasteiger partial charge >= 0.3 is 6.00 Å². The molecule has 45 heavy (non-hydrogen) atoms. The molecule has 0 unspecified atom stereocenters. The van der Waals surface area contributed by atoms with E-state index in [2.05, 4.69) is 4.99 Å². The Morgan fingerprint density at radius 2 is 0.489 bits per heavy atom. The van der Waals surface area contributed by atoms with E-state index in [1.165, 1.54) is 218 Å². The van der Waals surface area contributed by atoms with Crippen molar-refractivity contribution in [2.75, 3.05) is 6.54 Å². The number of halogens is 3. The molecule has 0 radical (unpaired) electrons. The van der Waals surface area contributed by atoms with Gasteiger partial charge in [0.05, 0.1) is 6.54 Å². The average Bonchev–Trinajstić information content (AvgIpc) is 3.01. The Bertz CT molecular complexity index is 610. The number of isocyanates is 1. The van der Waals surface area contributed by atoms with Crippen LogP contribution >= 0.6 is 33.2 Å². The molecule has 0 fully saturated rings. The molecule has 0 atom stereocenters. The van der Waals surface area contributed by atoms with E-state index in [0.717, 1.165) is 18.9 Å². The highest BCUT2D eigenvalue weighted by Gasteiger charge is 2.23. The minimum Gasteiger partial charge on any atom is -0.211 e. The van der Waals surface area contributed by atoms with Crippen molar-refractivity contribution in [1.29, 1.82) is 0 Å². The molecule has 0 amide bonds. The first-order valence-corrected chi connectivity index (χ1v) is 25.4. The van der Waals surface area contributed by atoms with Crippen LogP contribution in [-0.4, -0.2) is 18.6 Å². The van der Waals surface area contributed by atoms with Gasteiger partial charge in [-0.1, -0.05) is 225 Å². The fourth-order valence-electron chi connectivity index (χ4n) is 6.57. The maximum atomic E-state index is 10.0. The molecule has 0 spiro atoms. The van der Waals surface area contributed by atoms with Gasteiger partial charge in [0, 0.05) is 0 Å². The van der Waals surface area contributed by atoms with Crippen LogP contribution in [0.25, 0.3) is 0 Å². The second kappa shape index (κ2) is 38.9. The molecule has 0 aliphatic rings. The molecule has 0 aromatic carbocycles. The van der Waals surface area contributed by atoms with Crippen LogP contribution in [0.1, 0.15) is 231 Å². The molecule has 0 aliphatic carbocycles. The van der Waals surface area contributed by atoms with Gasteiger partial charge in [-0.15, -0.1) is 33.2 Å². The minimum absolute atomic E-state index is 0.666. The summed E-state index contributed by atoms with van der Waals surface area (Å²) in [6.45, 7) is 0.666. The van der Waals surface area contributed by atoms with Crippen molar-refractivity contribution in [3.8, 4) is 0 Å². The maximum absolute atomic E-state index is 10.0. The van der Waals surface area contributed by atoms with Gasteiger partial charge in [-0.25, -0.2) is 9.79 Å². The summed E-state index contributed by atoms with van der Waals surface area (Å²) in [5, 5.41) is 0. The number of carbonyl (C=O) groups excluding carboxylic acids is 1. The van der Waals surface area contributed by atoms with Gasteiger partial charge in [0.2, 0.25) is 6.08 Å². The molecule has 268 valence electrons. The second-order valence-corrected chi connectivity index (χ2v) is 23.3. The molecule has 0 saturated carbocycles. The van der Waals surface area contributed by atoms with E-state index in [4.69, 9.17) is 33.2 Å². The summed E-state index contributed by atoms with van der Waals surface area (Å²) in [7, 11) is 0. The molecule has 0 N–H and O–H groups in total. The fraction of sp³-hybridized carbons (Fsp3) is 0.974. The molecule has 0 rings (SSSR count). The lowest BCUT2D eigenvalue weighted by Gasteiger charge is -2.07. The van der Waals surface area contributed by atoms with E-state index < -0.39 is 6.00 Å². The van der Waals surface area contributed by atoms with Gasteiger partial charge in [0.25, 0.3) is 0 Å². The number of unbranched alkanes of at least 4 members (excludes halogenated alkanes) is 35. The van der Waals surface area contributed by atoms with E-state index in [9.17, 15) is 4.79 Å². The van der Waals surface area contributed by atoms with Gasteiger partial charge < -0.3 is 0 Å². The van der Waals surface area contributed by atoms with E-state index >= 15 is 0 Å². The molecule has 0 bridgehead atoms. The van der Waals surface area contributed by atoms with Crippen LogP contribution in [0.5, 0.6) is 0 Å². The van der Waals surface area contributed by atoms with Gasteiger partial charge in [0.15, 0.2) is 0 Å². The first-order chi connectivity index (χ1) is 22.1. The van der Waals surface area contributed by atoms with Crippen molar-refractivity contribution in [1.82, 2.24) is 0 Å². The largest absolute Gasteiger partial charge is 0.341 e. The highest BCUT2D eigenvalue weighted by Crippen LogP contribution is 2.27. The Morgan fingerprint density at radius 1 is 0.311 bits per heavy atom. The van der Waals surface area contributed by atoms with Gasteiger partial charge in [-0.2, -0.15) is 0 Å². The van der Waals surface area contributed by atoms with Crippen molar-refractivity contribution in [2.24, 2.45) is 4.99 Å². The third-order valence-corrected chi connectivity index (χ3v) is 12.2. The van der Waals surface area contributed by atoms with E-state index in [0.29, 0.717) is 6.54 Å². The van der Waals surface area contributed by atoms with Crippen molar-refractivity contribution in [3.05, 3.63) is 0 Å². The van der Waals surface area contributed by atoms with Crippen LogP contribution in [-0.2, 0) is 4.79 Å². The first-order valence-electron chi connectivity index (χ1n) is 20.2. The minimum atomic E-state index is -2.37. The predicted molar refractivity (Wildman–Crippen MR) is 207 cm³/mol. The molecule has 0 aromatic rings. The smallest absolute Gasteiger partial charge is 0.211 e. The number of hydrogen-bond donors (Lipinski definition) is 0. The van der Waals surface area contributed by atoms with Crippen LogP contribution in [0.3, 0.4) is 0 Å². The molecule has 6 heteroatoms. The Morgan fingerprint density at radius 3 is 0.667 bits per heavy atom. The summed E-state index contributed by atoms with van der Waals surface area (Å²) in [6, 6.07) is -1.55. The molecule has 0 heterocycles. The van der Waals surface area contributed by atoms with E-state index in [-0.39, 0.29) is 0 Å². The number of aliphatic imine (C=N–C) groups is 1. The highest BCUT2D eigenvalue weighted by atomic mass is 35.8. The lowest BCUT2D eigenvalue weighted by molar-refractivity contribution is 0.510. The van der Waals surface area contributed by atoms with Crippen LogP contribution in [0.2, 0.25) is 6.04 Å². The topological polar surface area (TPSA) is 29.4 Å². The summed E-state index contributed by atoms with van der Waals surface area (Å²) in [5.74, 6) is 0. The molecule has 2 nitrogen and oxygen atoms in total. The third-order valence-electron chi connectivity index (χ3n) is 9.54. The van der Waals surface area contributed by atoms with Crippen LogP contribution in [0.15, 0.2) is 4.99 Å². The Hall–Kier alpha value is 0.467. The summed E-state index contributed by atoms with van der Waals surface area (Å²) in [6.07, 6.45) is 52.0. The summed E-state index contributed by atoms with van der Waals surface area (Å²) < 4.78 is 0. The van der Waals surface area contributed by atoms with Gasteiger partial charge in [0.1, 0.15) is 0 Å².